The zero-order valence-corrected chi connectivity index (χ0v) is 14.1. The second-order valence-corrected chi connectivity index (χ2v) is 7.47. The van der Waals surface area contributed by atoms with Crippen molar-refractivity contribution in [3.8, 4) is 0 Å². The predicted molar refractivity (Wildman–Crippen MR) is 85.2 cm³/mol. The Morgan fingerprint density at radius 1 is 1.17 bits per heavy atom. The van der Waals surface area contributed by atoms with Crippen LogP contribution in [-0.2, 0) is 9.53 Å². The molecule has 0 aromatic rings. The van der Waals surface area contributed by atoms with Gasteiger partial charge in [0.1, 0.15) is 0 Å². The molecule has 3 N–H and O–H groups in total. The third-order valence-corrected chi connectivity index (χ3v) is 5.83. The first kappa shape index (κ1) is 18.6. The van der Waals surface area contributed by atoms with E-state index in [1.807, 2.05) is 0 Å². The second-order valence-electron chi connectivity index (χ2n) is 7.47. The summed E-state index contributed by atoms with van der Waals surface area (Å²) in [6.07, 6.45) is 0. The number of likely N-dealkylation sites (tertiary alicyclic amines) is 1. The van der Waals surface area contributed by atoms with E-state index in [1.54, 1.807) is 0 Å². The summed E-state index contributed by atoms with van der Waals surface area (Å²) in [6.45, 7) is 11.5. The van der Waals surface area contributed by atoms with Gasteiger partial charge < -0.3 is 25.0 Å². The molecule has 3 fully saturated rings. The fourth-order valence-electron chi connectivity index (χ4n) is 4.38. The smallest absolute Gasteiger partial charge is 0.290 e. The van der Waals surface area contributed by atoms with Crippen molar-refractivity contribution >= 4 is 6.47 Å². The zero-order valence-electron chi connectivity index (χ0n) is 14.1. The number of carbonyl (C=O) groups is 1. The fourth-order valence-corrected chi connectivity index (χ4v) is 4.38. The minimum absolute atomic E-state index is 0.138. The van der Waals surface area contributed by atoms with Crippen LogP contribution in [0.5, 0.6) is 0 Å². The normalized spacial score (nSPS) is 30.3. The standard InChI is InChI=1S/C15H28N2O3.CH2O2/c1-14(2,17-3-5-20-6-4-17)9-16-7-12-13(8-16)15(12,10-18)11-19;2-1-3/h12-13,18-19H,3-11H2,1-2H3;1H,(H,2,3). The quantitative estimate of drug-likeness (QED) is 0.576. The first-order valence-electron chi connectivity index (χ1n) is 8.30. The van der Waals surface area contributed by atoms with Gasteiger partial charge >= 0.3 is 0 Å². The number of aliphatic hydroxyl groups excluding tert-OH is 2. The average Bonchev–Trinajstić information content (AvgIpc) is 2.91. The molecule has 2 unspecified atom stereocenters. The molecule has 7 nitrogen and oxygen atoms in total. The van der Waals surface area contributed by atoms with Crippen molar-refractivity contribution in [1.29, 1.82) is 0 Å². The topological polar surface area (TPSA) is 93.5 Å². The molecule has 0 aromatic heterocycles. The van der Waals surface area contributed by atoms with Gasteiger partial charge in [0.25, 0.3) is 6.47 Å². The molecule has 0 spiro atoms. The summed E-state index contributed by atoms with van der Waals surface area (Å²) in [5, 5.41) is 25.9. The van der Waals surface area contributed by atoms with Gasteiger partial charge in [0.15, 0.2) is 0 Å². The number of ether oxygens (including phenoxy) is 1. The Morgan fingerprint density at radius 2 is 1.65 bits per heavy atom. The summed E-state index contributed by atoms with van der Waals surface area (Å²) in [5.41, 5.74) is 0.00125. The lowest BCUT2D eigenvalue weighted by Gasteiger charge is -2.43. The van der Waals surface area contributed by atoms with Gasteiger partial charge in [-0.05, 0) is 25.7 Å². The third-order valence-electron chi connectivity index (χ3n) is 5.83. The third kappa shape index (κ3) is 3.69. The number of carboxylic acid groups (broad SMARTS) is 1. The number of hydrogen-bond donors (Lipinski definition) is 3. The molecule has 0 bridgehead atoms. The van der Waals surface area contributed by atoms with E-state index >= 15 is 0 Å². The Kier molecular flexibility index (Phi) is 6.02. The highest BCUT2D eigenvalue weighted by Crippen LogP contribution is 2.62. The van der Waals surface area contributed by atoms with E-state index in [0.29, 0.717) is 11.8 Å². The van der Waals surface area contributed by atoms with Crippen LogP contribution < -0.4 is 0 Å². The number of rotatable bonds is 5. The molecule has 0 aromatic carbocycles. The van der Waals surface area contributed by atoms with Crippen LogP contribution in [-0.4, -0.2) is 96.3 Å². The largest absolute Gasteiger partial charge is 0.483 e. The zero-order chi connectivity index (χ0) is 17.1. The molecule has 2 atom stereocenters. The molecular formula is C16H30N2O5. The van der Waals surface area contributed by atoms with Gasteiger partial charge in [-0.1, -0.05) is 0 Å². The van der Waals surface area contributed by atoms with Crippen LogP contribution in [0.1, 0.15) is 13.8 Å². The Morgan fingerprint density at radius 3 is 2.09 bits per heavy atom. The molecule has 134 valence electrons. The van der Waals surface area contributed by atoms with E-state index in [0.717, 1.165) is 45.9 Å². The van der Waals surface area contributed by atoms with Crippen LogP contribution in [0.3, 0.4) is 0 Å². The first-order valence-corrected chi connectivity index (χ1v) is 8.30. The number of piperidine rings is 1. The summed E-state index contributed by atoms with van der Waals surface area (Å²) in [7, 11) is 0. The maximum Gasteiger partial charge on any atom is 0.290 e. The predicted octanol–water partition coefficient (Wildman–Crippen LogP) is -0.669. The average molecular weight is 330 g/mol. The summed E-state index contributed by atoms with van der Waals surface area (Å²) in [6, 6.07) is 0. The molecule has 0 amide bonds. The van der Waals surface area contributed by atoms with Crippen molar-refractivity contribution in [2.75, 3.05) is 59.2 Å². The number of morpholine rings is 1. The Balaban J connectivity index is 0.000000595. The lowest BCUT2D eigenvalue weighted by Crippen LogP contribution is -2.55. The molecule has 2 saturated heterocycles. The number of aliphatic hydroxyl groups is 2. The van der Waals surface area contributed by atoms with Gasteiger partial charge in [0.2, 0.25) is 0 Å². The lowest BCUT2D eigenvalue weighted by atomic mass is 9.98. The van der Waals surface area contributed by atoms with Crippen LogP contribution in [0.4, 0.5) is 0 Å². The van der Waals surface area contributed by atoms with Crippen molar-refractivity contribution in [1.82, 2.24) is 9.80 Å². The van der Waals surface area contributed by atoms with Crippen molar-refractivity contribution in [3.05, 3.63) is 0 Å². The fraction of sp³-hybridized carbons (Fsp3) is 0.938. The van der Waals surface area contributed by atoms with Gasteiger partial charge in [-0.2, -0.15) is 0 Å². The summed E-state index contributed by atoms with van der Waals surface area (Å²) >= 11 is 0. The van der Waals surface area contributed by atoms with Crippen molar-refractivity contribution < 1.29 is 24.9 Å². The van der Waals surface area contributed by atoms with Crippen LogP contribution in [0.2, 0.25) is 0 Å². The molecule has 7 heteroatoms. The van der Waals surface area contributed by atoms with E-state index < -0.39 is 0 Å². The first-order chi connectivity index (χ1) is 10.9. The molecule has 3 aliphatic rings. The van der Waals surface area contributed by atoms with Gasteiger partial charge in [0, 0.05) is 43.7 Å². The molecule has 2 aliphatic heterocycles. The van der Waals surface area contributed by atoms with Gasteiger partial charge in [-0.15, -0.1) is 0 Å². The van der Waals surface area contributed by atoms with E-state index in [4.69, 9.17) is 14.6 Å². The van der Waals surface area contributed by atoms with Crippen LogP contribution in [0.25, 0.3) is 0 Å². The highest BCUT2D eigenvalue weighted by molar-refractivity contribution is 5.32. The second kappa shape index (κ2) is 7.44. The van der Waals surface area contributed by atoms with Crippen molar-refractivity contribution in [2.45, 2.75) is 19.4 Å². The van der Waals surface area contributed by atoms with E-state index in [1.165, 1.54) is 0 Å². The van der Waals surface area contributed by atoms with E-state index in [-0.39, 0.29) is 30.6 Å². The van der Waals surface area contributed by atoms with Gasteiger partial charge in [0.05, 0.1) is 26.4 Å². The summed E-state index contributed by atoms with van der Waals surface area (Å²) in [4.78, 5) is 13.4. The highest BCUT2D eigenvalue weighted by atomic mass is 16.5. The SMILES string of the molecule is CC(C)(CN1CC2C(C1)C2(CO)CO)N1CCOCC1.O=CO. The monoisotopic (exact) mass is 330 g/mol. The number of hydrogen-bond acceptors (Lipinski definition) is 6. The minimum atomic E-state index is -0.250. The van der Waals surface area contributed by atoms with E-state index in [2.05, 4.69) is 23.6 Å². The lowest BCUT2D eigenvalue weighted by molar-refractivity contribution is -0.122. The van der Waals surface area contributed by atoms with Crippen molar-refractivity contribution in [2.24, 2.45) is 17.3 Å². The molecule has 2 heterocycles. The van der Waals surface area contributed by atoms with E-state index in [9.17, 15) is 10.2 Å². The van der Waals surface area contributed by atoms with Crippen LogP contribution in [0, 0.1) is 17.3 Å². The minimum Gasteiger partial charge on any atom is -0.483 e. The molecule has 0 radical (unpaired) electrons. The molecule has 23 heavy (non-hydrogen) atoms. The molecule has 1 aliphatic carbocycles. The maximum absolute atomic E-state index is 9.48. The molecular weight excluding hydrogens is 300 g/mol. The maximum atomic E-state index is 9.48. The molecule has 3 rings (SSSR count). The van der Waals surface area contributed by atoms with Crippen LogP contribution in [0.15, 0.2) is 0 Å². The summed E-state index contributed by atoms with van der Waals surface area (Å²) < 4.78 is 5.43. The van der Waals surface area contributed by atoms with Gasteiger partial charge in [-0.3, -0.25) is 9.69 Å². The number of nitrogens with zero attached hydrogens (tertiary/aromatic N) is 2. The number of fused-ring (bicyclic) bond motifs is 1. The Labute approximate surface area is 137 Å². The highest BCUT2D eigenvalue weighted by Gasteiger charge is 2.67. The molecule has 1 saturated carbocycles. The van der Waals surface area contributed by atoms with Gasteiger partial charge in [-0.25, -0.2) is 0 Å². The Hall–Kier alpha value is -0.730. The Bertz CT molecular complexity index is 380. The van der Waals surface area contributed by atoms with Crippen LogP contribution >= 0.6 is 0 Å². The van der Waals surface area contributed by atoms with Crippen molar-refractivity contribution in [3.63, 3.8) is 0 Å². The summed E-state index contributed by atoms with van der Waals surface area (Å²) in [5.74, 6) is 0.996.